The van der Waals surface area contributed by atoms with Crippen molar-refractivity contribution in [2.45, 2.75) is 186 Å². The molecule has 3 saturated heterocycles. The Labute approximate surface area is 307 Å². The van der Waals surface area contributed by atoms with E-state index in [1.54, 1.807) is 27.9 Å². The summed E-state index contributed by atoms with van der Waals surface area (Å²) in [5.74, 6) is -2.36. The van der Waals surface area contributed by atoms with Crippen molar-refractivity contribution in [1.82, 2.24) is 9.80 Å². The monoisotopic (exact) mass is 733 g/mol. The second-order valence-corrected chi connectivity index (χ2v) is 17.2. The van der Waals surface area contributed by atoms with Gasteiger partial charge < -0.3 is 58.6 Å². The minimum Gasteiger partial charge on any atom is -0.459 e. The Hall–Kier alpha value is -0.970. The molecule has 4 N–H and O–H groups in total. The summed E-state index contributed by atoms with van der Waals surface area (Å²) >= 11 is 0. The summed E-state index contributed by atoms with van der Waals surface area (Å²) in [7, 11) is 7.32. The van der Waals surface area contributed by atoms with Crippen LogP contribution in [0.5, 0.6) is 0 Å². The lowest BCUT2D eigenvalue weighted by Gasteiger charge is -2.48. The highest BCUT2D eigenvalue weighted by Crippen LogP contribution is 2.40. The number of cyclic esters (lactones) is 1. The average molecular weight is 733 g/mol. The molecule has 3 aliphatic rings. The van der Waals surface area contributed by atoms with E-state index in [-0.39, 0.29) is 37.0 Å². The number of rotatable bonds is 7. The highest BCUT2D eigenvalue weighted by atomic mass is 16.7. The number of likely N-dealkylation sites (N-methyl/N-ethyl adjacent to an activating group) is 2. The van der Waals surface area contributed by atoms with Crippen LogP contribution in [0.1, 0.15) is 101 Å². The molecule has 51 heavy (non-hydrogen) atoms. The number of carbonyl (C=O) groups excluding carboxylic acids is 1. The van der Waals surface area contributed by atoms with E-state index in [2.05, 4.69) is 0 Å². The number of aliphatic hydroxyl groups is 4. The third kappa shape index (κ3) is 10.6. The zero-order valence-electron chi connectivity index (χ0n) is 33.9. The van der Waals surface area contributed by atoms with Crippen LogP contribution in [0.4, 0.5) is 0 Å². The van der Waals surface area contributed by atoms with Crippen LogP contribution >= 0.6 is 0 Å². The summed E-state index contributed by atoms with van der Waals surface area (Å²) in [5.41, 5.74) is -3.81. The average Bonchev–Trinajstić information content (AvgIpc) is 3.03. The molecule has 0 spiro atoms. The van der Waals surface area contributed by atoms with Gasteiger partial charge in [-0.25, -0.2) is 0 Å². The Morgan fingerprint density at radius 2 is 1.57 bits per heavy atom. The topological polar surface area (TPSA) is 160 Å². The van der Waals surface area contributed by atoms with Gasteiger partial charge >= 0.3 is 5.97 Å². The molecule has 3 fully saturated rings. The number of esters is 1. The van der Waals surface area contributed by atoms with Gasteiger partial charge in [0, 0.05) is 44.5 Å². The number of hydrogen-bond acceptors (Lipinski definition) is 13. The molecular formula is C38H72N2O11. The molecule has 3 rings (SSSR count). The minimum absolute atomic E-state index is 0.111. The van der Waals surface area contributed by atoms with Crippen LogP contribution in [0.2, 0.25) is 0 Å². The number of carbonyl (C=O) groups is 1. The molecule has 0 radical (unpaired) electrons. The van der Waals surface area contributed by atoms with Crippen LogP contribution in [-0.2, 0) is 33.2 Å². The summed E-state index contributed by atoms with van der Waals surface area (Å²) in [6.45, 7) is 18.8. The summed E-state index contributed by atoms with van der Waals surface area (Å²) in [4.78, 5) is 18.1. The van der Waals surface area contributed by atoms with Crippen molar-refractivity contribution >= 4 is 5.97 Å². The fourth-order valence-electron chi connectivity index (χ4n) is 8.79. The van der Waals surface area contributed by atoms with Gasteiger partial charge in [0.05, 0.1) is 41.5 Å². The molecular weight excluding hydrogens is 660 g/mol. The maximum absolute atomic E-state index is 14.2. The van der Waals surface area contributed by atoms with Crippen LogP contribution in [0.3, 0.4) is 0 Å². The lowest BCUT2D eigenvalue weighted by Crippen LogP contribution is -2.59. The van der Waals surface area contributed by atoms with Gasteiger partial charge in [0.15, 0.2) is 12.6 Å². The molecule has 0 aromatic rings. The van der Waals surface area contributed by atoms with Gasteiger partial charge in [0.25, 0.3) is 0 Å². The van der Waals surface area contributed by atoms with Gasteiger partial charge in [-0.1, -0.05) is 20.8 Å². The fraction of sp³-hybridized carbons (Fsp3) is 0.974. The molecule has 13 heteroatoms. The molecule has 0 saturated carbocycles. The smallest absolute Gasteiger partial charge is 0.311 e. The van der Waals surface area contributed by atoms with Crippen molar-refractivity contribution in [3.05, 3.63) is 0 Å². The first-order chi connectivity index (χ1) is 23.5. The lowest BCUT2D eigenvalue weighted by atomic mass is 9.77. The molecule has 0 aliphatic carbocycles. The zero-order valence-corrected chi connectivity index (χ0v) is 33.9. The van der Waals surface area contributed by atoms with Gasteiger partial charge in [0.1, 0.15) is 23.9 Å². The molecule has 0 bridgehead atoms. The van der Waals surface area contributed by atoms with Crippen LogP contribution in [-0.4, -0.2) is 155 Å². The molecule has 17 atom stereocenters. The maximum atomic E-state index is 14.2. The molecule has 0 amide bonds. The third-order valence-electron chi connectivity index (χ3n) is 11.9. The van der Waals surface area contributed by atoms with Gasteiger partial charge in [-0.2, -0.15) is 0 Å². The molecule has 0 aromatic heterocycles. The van der Waals surface area contributed by atoms with E-state index in [0.717, 1.165) is 0 Å². The Balaban J connectivity index is 2.16. The Morgan fingerprint density at radius 3 is 2.14 bits per heavy atom. The molecule has 13 nitrogen and oxygen atoms in total. The van der Waals surface area contributed by atoms with E-state index in [1.165, 1.54) is 6.92 Å². The van der Waals surface area contributed by atoms with Crippen molar-refractivity contribution in [1.29, 1.82) is 0 Å². The minimum atomic E-state index is -1.77. The fourth-order valence-corrected chi connectivity index (χ4v) is 8.79. The third-order valence-corrected chi connectivity index (χ3v) is 11.9. The predicted octanol–water partition coefficient (Wildman–Crippen LogP) is 2.93. The summed E-state index contributed by atoms with van der Waals surface area (Å²) in [6.07, 6.45) is -5.28. The second-order valence-electron chi connectivity index (χ2n) is 17.2. The largest absolute Gasteiger partial charge is 0.459 e. The van der Waals surface area contributed by atoms with Crippen molar-refractivity contribution in [2.75, 3.05) is 34.8 Å². The number of nitrogens with zero attached hydrogens (tertiary/aromatic N) is 2. The zero-order chi connectivity index (χ0) is 38.8. The predicted molar refractivity (Wildman–Crippen MR) is 193 cm³/mol. The first-order valence-corrected chi connectivity index (χ1v) is 19.0. The van der Waals surface area contributed by atoms with E-state index in [4.69, 9.17) is 28.4 Å². The van der Waals surface area contributed by atoms with Crippen molar-refractivity contribution in [2.24, 2.45) is 17.8 Å². The van der Waals surface area contributed by atoms with Crippen molar-refractivity contribution in [3.63, 3.8) is 0 Å². The highest BCUT2D eigenvalue weighted by Gasteiger charge is 2.51. The molecule has 3 aliphatic heterocycles. The summed E-state index contributed by atoms with van der Waals surface area (Å²) < 4.78 is 37.9. The van der Waals surface area contributed by atoms with Crippen LogP contribution in [0.25, 0.3) is 0 Å². The number of hydrogen-bond donors (Lipinski definition) is 4. The van der Waals surface area contributed by atoms with E-state index in [0.29, 0.717) is 25.8 Å². The summed E-state index contributed by atoms with van der Waals surface area (Å²) in [5, 5.41) is 47.2. The highest BCUT2D eigenvalue weighted by molar-refractivity contribution is 5.73. The van der Waals surface area contributed by atoms with Crippen molar-refractivity contribution in [3.8, 4) is 0 Å². The van der Waals surface area contributed by atoms with E-state index in [1.807, 2.05) is 72.5 Å². The quantitative estimate of drug-likeness (QED) is 0.284. The number of methoxy groups -OCH3 is 1. The SMILES string of the molecule is CC[C@H]1OC(=O)[C@H](C)[C@@H](O[C@H]2C[C@@](C)(OC)C[C@H](C)O2)[C@H](C)[C@@H](O[C@@H]2O[C@H](C)CC(N(C)C)[C@H]2O)[C@](C)(O)C[C@@H](C)CN(C)[C@H](C)[C@@H](O)[C@]1(C)O. The maximum Gasteiger partial charge on any atom is 0.311 e. The molecule has 300 valence electrons. The van der Waals surface area contributed by atoms with Crippen LogP contribution in [0.15, 0.2) is 0 Å². The molecule has 3 heterocycles. The van der Waals surface area contributed by atoms with Crippen LogP contribution in [0, 0.1) is 17.8 Å². The lowest BCUT2D eigenvalue weighted by molar-refractivity contribution is -0.310. The second kappa shape index (κ2) is 17.7. The van der Waals surface area contributed by atoms with Crippen molar-refractivity contribution < 1.29 is 53.6 Å². The van der Waals surface area contributed by atoms with Gasteiger partial charge in [-0.3, -0.25) is 4.79 Å². The Morgan fingerprint density at radius 1 is 0.941 bits per heavy atom. The first kappa shape index (κ1) is 44.4. The number of ether oxygens (including phenoxy) is 6. The van der Waals surface area contributed by atoms with Crippen LogP contribution < -0.4 is 0 Å². The first-order valence-electron chi connectivity index (χ1n) is 19.0. The normalized spacial score (nSPS) is 48.9. The van der Waals surface area contributed by atoms with E-state index < -0.39 is 83.7 Å². The van der Waals surface area contributed by atoms with Gasteiger partial charge in [-0.05, 0) is 94.8 Å². The number of aliphatic hydroxyl groups excluding tert-OH is 2. The molecule has 0 aromatic carbocycles. The van der Waals surface area contributed by atoms with Gasteiger partial charge in [-0.15, -0.1) is 0 Å². The standard InChI is InChI=1S/C38H72N2O11/c1-15-28-38(10,45)32(42)26(7)40(13)20-21(2)17-37(9,44)33(51-35-30(41)27(39(11)12)16-22(3)48-35)24(5)31(25(6)34(43)49-28)50-29-19-36(8,46-14)18-23(4)47-29/h21-33,35,41-42,44-45H,15-20H2,1-14H3/t21-,22-,23+,24+,25-,26-,27?,28-,29+,30-,31+,32-,33-,35+,36+,37-,38-/m1/s1. The Bertz CT molecular complexity index is 1110. The summed E-state index contributed by atoms with van der Waals surface area (Å²) in [6, 6.07) is -0.758. The Kier molecular flexibility index (Phi) is 15.4. The van der Waals surface area contributed by atoms with E-state index >= 15 is 0 Å². The van der Waals surface area contributed by atoms with E-state index in [9.17, 15) is 25.2 Å². The molecule has 1 unspecified atom stereocenters. The van der Waals surface area contributed by atoms with Gasteiger partial charge in [0.2, 0.25) is 0 Å².